The number of rotatable bonds is 0. The summed E-state index contributed by atoms with van der Waals surface area (Å²) in [4.78, 5) is 0. The quantitative estimate of drug-likeness (QED) is 0.426. The predicted molar refractivity (Wildman–Crippen MR) is 14.6 cm³/mol. The van der Waals surface area contributed by atoms with Crippen LogP contribution < -0.4 is 0 Å². The van der Waals surface area contributed by atoms with Gasteiger partial charge in [0.05, 0.1) is 0 Å². The van der Waals surface area contributed by atoms with E-state index >= 15 is 0 Å². The fourth-order valence-corrected chi connectivity index (χ4v) is 0. The summed E-state index contributed by atoms with van der Waals surface area (Å²) in [7, 11) is -2.90. The van der Waals surface area contributed by atoms with Crippen molar-refractivity contribution in [1.82, 2.24) is 0 Å². The lowest BCUT2D eigenvalue weighted by Gasteiger charge is -1.47. The fourth-order valence-electron chi connectivity index (χ4n) is 0. The molecule has 0 spiro atoms. The molecule has 0 aliphatic rings. The lowest BCUT2D eigenvalue weighted by molar-refractivity contribution is 0.571. The first-order chi connectivity index (χ1) is 1.73. The van der Waals surface area contributed by atoms with Crippen LogP contribution in [0.2, 0.25) is 0 Å². The predicted octanol–water partition coefficient (Wildman–Crippen LogP) is 1.85. The van der Waals surface area contributed by atoms with Gasteiger partial charge in [0.1, 0.15) is 0 Å². The Morgan fingerprint density at radius 3 is 2.00 bits per heavy atom. The summed E-state index contributed by atoms with van der Waals surface area (Å²) in [6.07, 6.45) is 0. The lowest BCUT2D eigenvalue weighted by atomic mass is 16.0. The maximum absolute atomic E-state index is 10.3. The smallest absolute Gasteiger partial charge is 0.232 e. The second-order valence-corrected chi connectivity index (χ2v) is 1.40. The van der Waals surface area contributed by atoms with E-state index in [9.17, 15) is 4.20 Å². The summed E-state index contributed by atoms with van der Waals surface area (Å²) in [6.45, 7) is 0. The van der Waals surface area contributed by atoms with Gasteiger partial charge in [-0.25, -0.2) is 4.57 Å². The monoisotopic (exact) mass is 101 g/mol. The topological polar surface area (TPSA) is 17.1 Å². The van der Waals surface area contributed by atoms with Crippen LogP contribution in [0, 0.1) is 0 Å². The molecule has 0 saturated carbocycles. The third kappa shape index (κ3) is 39.5. The number of hydrogen-bond donors (Lipinski definition) is 0. The highest BCUT2D eigenvalue weighted by atomic mass is 35.7. The molecule has 0 heterocycles. The van der Waals surface area contributed by atoms with Gasteiger partial charge in [-0.1, -0.05) is 0 Å². The Bertz CT molecular complexity index is 31.0. The van der Waals surface area contributed by atoms with Crippen molar-refractivity contribution in [3.63, 3.8) is 0 Å². The van der Waals surface area contributed by atoms with Gasteiger partial charge in [-0.15, -0.1) is 4.20 Å². The first-order valence-electron chi connectivity index (χ1n) is 0.521. The molecule has 1 unspecified atom stereocenters. The second-order valence-electron chi connectivity index (χ2n) is 0.202. The summed E-state index contributed by atoms with van der Waals surface area (Å²) >= 11 is 4.12. The van der Waals surface area contributed by atoms with Crippen molar-refractivity contribution < 1.29 is 8.76 Å². The molecular formula is ClFOP. The largest absolute Gasteiger partial charge is 0.355 e. The summed E-state index contributed by atoms with van der Waals surface area (Å²) in [5, 5.41) is 0. The van der Waals surface area contributed by atoms with Crippen LogP contribution in [0.15, 0.2) is 0 Å². The maximum atomic E-state index is 10.3. The van der Waals surface area contributed by atoms with Crippen LogP contribution in [0.3, 0.4) is 0 Å². The molecule has 1 radical (unpaired) electrons. The standard InChI is InChI=1S/ClFOP/c1-4(2)3. The van der Waals surface area contributed by atoms with Crippen molar-refractivity contribution in [1.29, 1.82) is 0 Å². The van der Waals surface area contributed by atoms with Gasteiger partial charge in [0, 0.05) is 11.2 Å². The molecule has 25 valence electrons. The van der Waals surface area contributed by atoms with Crippen LogP contribution in [0.25, 0.3) is 0 Å². The Kier molecular flexibility index (Phi) is 1.75. The molecule has 0 aliphatic carbocycles. The van der Waals surface area contributed by atoms with E-state index in [0.29, 0.717) is 0 Å². The summed E-state index contributed by atoms with van der Waals surface area (Å²) < 4.78 is 19.0. The SMILES string of the molecule is O=[P](F)Cl. The zero-order valence-electron chi connectivity index (χ0n) is 1.61. The van der Waals surface area contributed by atoms with Crippen molar-refractivity contribution in [2.45, 2.75) is 0 Å². The highest BCUT2D eigenvalue weighted by molar-refractivity contribution is 7.69. The van der Waals surface area contributed by atoms with Crippen molar-refractivity contribution >= 4 is 18.7 Å². The first kappa shape index (κ1) is 4.32. The van der Waals surface area contributed by atoms with Crippen LogP contribution in [0.1, 0.15) is 0 Å². The van der Waals surface area contributed by atoms with E-state index in [4.69, 9.17) is 4.57 Å². The van der Waals surface area contributed by atoms with Gasteiger partial charge in [0.15, 0.2) is 0 Å². The Morgan fingerprint density at radius 1 is 2.00 bits per heavy atom. The minimum absolute atomic E-state index is 2.90. The molecule has 1 nitrogen and oxygen atoms in total. The van der Waals surface area contributed by atoms with E-state index in [1.807, 2.05) is 0 Å². The Labute approximate surface area is 28.5 Å². The second kappa shape index (κ2) is 1.62. The number of halogens is 2. The molecule has 0 N–H and O–H groups in total. The van der Waals surface area contributed by atoms with Crippen molar-refractivity contribution in [2.75, 3.05) is 0 Å². The van der Waals surface area contributed by atoms with Gasteiger partial charge in [-0.05, 0) is 0 Å². The fraction of sp³-hybridized carbons (Fsp3) is 0. The maximum Gasteiger partial charge on any atom is 0.355 e. The van der Waals surface area contributed by atoms with Gasteiger partial charge in [-0.3, -0.25) is 0 Å². The minimum atomic E-state index is -2.90. The third-order valence-electron chi connectivity index (χ3n) is 0. The summed E-state index contributed by atoms with van der Waals surface area (Å²) in [5.74, 6) is 0. The van der Waals surface area contributed by atoms with E-state index in [-0.39, 0.29) is 0 Å². The molecule has 4 heavy (non-hydrogen) atoms. The van der Waals surface area contributed by atoms with E-state index in [2.05, 4.69) is 11.2 Å². The van der Waals surface area contributed by atoms with E-state index in [0.717, 1.165) is 0 Å². The molecule has 0 aromatic carbocycles. The molecule has 0 rings (SSSR count). The van der Waals surface area contributed by atoms with Crippen LogP contribution in [0.4, 0.5) is 4.20 Å². The highest BCUT2D eigenvalue weighted by Crippen LogP contribution is 2.26. The van der Waals surface area contributed by atoms with Crippen molar-refractivity contribution in [3.8, 4) is 0 Å². The van der Waals surface area contributed by atoms with E-state index < -0.39 is 7.46 Å². The third-order valence-corrected chi connectivity index (χ3v) is 0. The minimum Gasteiger partial charge on any atom is -0.232 e. The Balaban J connectivity index is 2.80. The van der Waals surface area contributed by atoms with Gasteiger partial charge >= 0.3 is 7.46 Å². The Hall–Kier alpha value is 0.320. The van der Waals surface area contributed by atoms with Gasteiger partial charge in [-0.2, -0.15) is 0 Å². The molecule has 0 fully saturated rings. The normalized spacial score (nSPS) is 11.0. The molecule has 4 heteroatoms. The molecule has 0 amide bonds. The molecule has 0 aromatic rings. The zero-order chi connectivity index (χ0) is 3.58. The molecule has 0 aliphatic heterocycles. The highest BCUT2D eigenvalue weighted by Gasteiger charge is 1.73. The van der Waals surface area contributed by atoms with E-state index in [1.165, 1.54) is 0 Å². The Morgan fingerprint density at radius 2 is 2.00 bits per heavy atom. The van der Waals surface area contributed by atoms with Gasteiger partial charge in [0.2, 0.25) is 0 Å². The first-order valence-corrected chi connectivity index (χ1v) is 2.58. The van der Waals surface area contributed by atoms with Crippen molar-refractivity contribution in [2.24, 2.45) is 0 Å². The summed E-state index contributed by atoms with van der Waals surface area (Å²) in [5.41, 5.74) is 0. The van der Waals surface area contributed by atoms with Gasteiger partial charge in [0.25, 0.3) is 0 Å². The van der Waals surface area contributed by atoms with Crippen LogP contribution in [-0.4, -0.2) is 0 Å². The molecular weight excluding hydrogens is 101 g/mol. The zero-order valence-corrected chi connectivity index (χ0v) is 3.26. The van der Waals surface area contributed by atoms with Crippen LogP contribution in [-0.2, 0) is 4.57 Å². The van der Waals surface area contributed by atoms with Gasteiger partial charge < -0.3 is 0 Å². The average molecular weight is 101 g/mol. The average Bonchev–Trinajstić information content (AvgIpc) is 0.811. The summed E-state index contributed by atoms with van der Waals surface area (Å²) in [6, 6.07) is 0. The van der Waals surface area contributed by atoms with Crippen molar-refractivity contribution in [3.05, 3.63) is 0 Å². The molecule has 0 saturated heterocycles. The van der Waals surface area contributed by atoms with E-state index in [1.54, 1.807) is 0 Å². The lowest BCUT2D eigenvalue weighted by Crippen LogP contribution is -1.000. The van der Waals surface area contributed by atoms with Crippen LogP contribution >= 0.6 is 18.7 Å². The molecule has 0 aromatic heterocycles. The molecule has 1 atom stereocenters. The molecule has 0 bridgehead atoms. The van der Waals surface area contributed by atoms with Crippen LogP contribution in [0.5, 0.6) is 0 Å². The number of hydrogen-bond acceptors (Lipinski definition) is 1.